The van der Waals surface area contributed by atoms with Gasteiger partial charge in [0.25, 0.3) is 11.1 Å². The standard InChI is InChI=1S/C27H23Cl2N5O3S/c28-19-7-5-18(6-8-19)25-31-32-27(37-25)38-17-24(35)30-20-9-11-21(12-10-20)33-13-15-34(16-14-33)26(36)22-3-1-2-4-23(22)29/h1-12H,13-17H2,(H,30,35). The number of aromatic nitrogens is 2. The van der Waals surface area contributed by atoms with Crippen LogP contribution in [0.2, 0.25) is 10.0 Å². The number of carbonyl (C=O) groups is 2. The molecule has 5 rings (SSSR count). The molecule has 194 valence electrons. The van der Waals surface area contributed by atoms with Gasteiger partial charge in [-0.25, -0.2) is 0 Å². The summed E-state index contributed by atoms with van der Waals surface area (Å²) >= 11 is 13.3. The van der Waals surface area contributed by atoms with Crippen LogP contribution in [0.5, 0.6) is 0 Å². The molecule has 1 aliphatic rings. The predicted molar refractivity (Wildman–Crippen MR) is 150 cm³/mol. The molecule has 8 nitrogen and oxygen atoms in total. The lowest BCUT2D eigenvalue weighted by molar-refractivity contribution is -0.113. The number of rotatable bonds is 7. The summed E-state index contributed by atoms with van der Waals surface area (Å²) in [5.74, 6) is 0.272. The summed E-state index contributed by atoms with van der Waals surface area (Å²) in [5, 5.41) is 12.3. The van der Waals surface area contributed by atoms with Crippen molar-refractivity contribution < 1.29 is 14.0 Å². The Morgan fingerprint density at radius 1 is 0.895 bits per heavy atom. The van der Waals surface area contributed by atoms with Crippen LogP contribution >= 0.6 is 35.0 Å². The maximum atomic E-state index is 12.8. The average molecular weight is 568 g/mol. The van der Waals surface area contributed by atoms with E-state index in [9.17, 15) is 9.59 Å². The molecular weight excluding hydrogens is 545 g/mol. The van der Waals surface area contributed by atoms with Crippen LogP contribution < -0.4 is 10.2 Å². The van der Waals surface area contributed by atoms with Crippen LogP contribution in [0.3, 0.4) is 0 Å². The summed E-state index contributed by atoms with van der Waals surface area (Å²) in [6, 6.07) is 21.8. The Kier molecular flexibility index (Phi) is 8.17. The molecule has 0 aliphatic carbocycles. The molecule has 1 aromatic heterocycles. The molecule has 0 bridgehead atoms. The molecule has 0 saturated carbocycles. The van der Waals surface area contributed by atoms with E-state index in [0.29, 0.717) is 58.6 Å². The zero-order chi connectivity index (χ0) is 26.5. The van der Waals surface area contributed by atoms with Crippen LogP contribution in [0.15, 0.2) is 82.4 Å². The summed E-state index contributed by atoms with van der Waals surface area (Å²) in [7, 11) is 0. The lowest BCUT2D eigenvalue weighted by Crippen LogP contribution is -2.48. The summed E-state index contributed by atoms with van der Waals surface area (Å²) in [4.78, 5) is 29.3. The Labute approximate surface area is 233 Å². The molecule has 0 radical (unpaired) electrons. The Balaban J connectivity index is 1.09. The van der Waals surface area contributed by atoms with E-state index in [0.717, 1.165) is 11.3 Å². The van der Waals surface area contributed by atoms with Crippen LogP contribution in [-0.4, -0.2) is 58.8 Å². The number of thioether (sulfide) groups is 1. The molecule has 1 aliphatic heterocycles. The molecule has 0 spiro atoms. The monoisotopic (exact) mass is 567 g/mol. The predicted octanol–water partition coefficient (Wildman–Crippen LogP) is 5.74. The maximum Gasteiger partial charge on any atom is 0.277 e. The van der Waals surface area contributed by atoms with Crippen molar-refractivity contribution in [3.8, 4) is 11.5 Å². The Morgan fingerprint density at radius 2 is 1.61 bits per heavy atom. The van der Waals surface area contributed by atoms with Gasteiger partial charge in [0.05, 0.1) is 16.3 Å². The second kappa shape index (κ2) is 11.9. The third kappa shape index (κ3) is 6.30. The number of hydrogen-bond donors (Lipinski definition) is 1. The van der Waals surface area contributed by atoms with Gasteiger partial charge in [-0.2, -0.15) is 0 Å². The molecule has 4 aromatic rings. The molecule has 1 N–H and O–H groups in total. The van der Waals surface area contributed by atoms with Gasteiger partial charge >= 0.3 is 0 Å². The van der Waals surface area contributed by atoms with E-state index in [2.05, 4.69) is 20.4 Å². The van der Waals surface area contributed by atoms with Crippen molar-refractivity contribution in [2.45, 2.75) is 5.22 Å². The molecule has 2 heterocycles. The van der Waals surface area contributed by atoms with Crippen molar-refractivity contribution in [2.24, 2.45) is 0 Å². The lowest BCUT2D eigenvalue weighted by atomic mass is 10.1. The third-order valence-electron chi connectivity index (χ3n) is 6.01. The van der Waals surface area contributed by atoms with Gasteiger partial charge in [-0.05, 0) is 60.7 Å². The highest BCUT2D eigenvalue weighted by atomic mass is 35.5. The molecule has 11 heteroatoms. The maximum absolute atomic E-state index is 12.8. The molecule has 1 saturated heterocycles. The van der Waals surface area contributed by atoms with Crippen molar-refractivity contribution >= 4 is 58.2 Å². The minimum Gasteiger partial charge on any atom is -0.411 e. The quantitative estimate of drug-likeness (QED) is 0.285. The van der Waals surface area contributed by atoms with Crippen molar-refractivity contribution in [1.29, 1.82) is 0 Å². The number of piperazine rings is 1. The number of nitrogens with one attached hydrogen (secondary N) is 1. The van der Waals surface area contributed by atoms with Gasteiger partial charge in [0.15, 0.2) is 0 Å². The fourth-order valence-electron chi connectivity index (χ4n) is 4.03. The van der Waals surface area contributed by atoms with Gasteiger partial charge in [0, 0.05) is 48.1 Å². The van der Waals surface area contributed by atoms with Crippen LogP contribution in [-0.2, 0) is 4.79 Å². The molecule has 2 amide bonds. The first-order valence-corrected chi connectivity index (χ1v) is 13.6. The highest BCUT2D eigenvalue weighted by molar-refractivity contribution is 7.99. The summed E-state index contributed by atoms with van der Waals surface area (Å²) in [5.41, 5.74) is 3.01. The topological polar surface area (TPSA) is 91.6 Å². The van der Waals surface area contributed by atoms with Crippen LogP contribution in [0.25, 0.3) is 11.5 Å². The Hall–Kier alpha value is -3.53. The van der Waals surface area contributed by atoms with E-state index in [1.54, 1.807) is 36.4 Å². The van der Waals surface area contributed by atoms with Gasteiger partial charge in [-0.3, -0.25) is 9.59 Å². The van der Waals surface area contributed by atoms with Gasteiger partial charge in [-0.1, -0.05) is 47.1 Å². The molecule has 3 aromatic carbocycles. The fraction of sp³-hybridized carbons (Fsp3) is 0.185. The van der Waals surface area contributed by atoms with Crippen molar-refractivity contribution in [3.63, 3.8) is 0 Å². The zero-order valence-corrected chi connectivity index (χ0v) is 22.5. The van der Waals surface area contributed by atoms with E-state index in [1.807, 2.05) is 41.3 Å². The van der Waals surface area contributed by atoms with E-state index in [-0.39, 0.29) is 17.6 Å². The summed E-state index contributed by atoms with van der Waals surface area (Å²) in [6.45, 7) is 2.63. The van der Waals surface area contributed by atoms with Crippen molar-refractivity contribution in [3.05, 3.63) is 88.4 Å². The van der Waals surface area contributed by atoms with E-state index in [4.69, 9.17) is 27.6 Å². The minimum absolute atomic E-state index is 0.0482. The minimum atomic E-state index is -0.180. The van der Waals surface area contributed by atoms with Crippen LogP contribution in [0.1, 0.15) is 10.4 Å². The second-order valence-electron chi connectivity index (χ2n) is 8.52. The zero-order valence-electron chi connectivity index (χ0n) is 20.1. The number of anilines is 2. The first kappa shape index (κ1) is 26.1. The molecular formula is C27H23Cl2N5O3S. The van der Waals surface area contributed by atoms with E-state index >= 15 is 0 Å². The summed E-state index contributed by atoms with van der Waals surface area (Å²) < 4.78 is 5.63. The number of benzene rings is 3. The number of carbonyl (C=O) groups excluding carboxylic acids is 2. The molecule has 0 unspecified atom stereocenters. The van der Waals surface area contributed by atoms with Crippen LogP contribution in [0.4, 0.5) is 11.4 Å². The third-order valence-corrected chi connectivity index (χ3v) is 7.41. The van der Waals surface area contributed by atoms with Gasteiger partial charge in [0.2, 0.25) is 11.8 Å². The highest BCUT2D eigenvalue weighted by Crippen LogP contribution is 2.25. The van der Waals surface area contributed by atoms with E-state index < -0.39 is 0 Å². The largest absolute Gasteiger partial charge is 0.411 e. The lowest BCUT2D eigenvalue weighted by Gasteiger charge is -2.36. The fourth-order valence-corrected chi connectivity index (χ4v) is 4.94. The number of amides is 2. The average Bonchev–Trinajstić information content (AvgIpc) is 3.42. The number of nitrogens with zero attached hydrogens (tertiary/aromatic N) is 4. The van der Waals surface area contributed by atoms with Gasteiger partial charge in [-0.15, -0.1) is 10.2 Å². The Bertz CT molecular complexity index is 1420. The molecule has 0 atom stereocenters. The Morgan fingerprint density at radius 3 is 2.32 bits per heavy atom. The van der Waals surface area contributed by atoms with Crippen molar-refractivity contribution in [2.75, 3.05) is 42.1 Å². The van der Waals surface area contributed by atoms with Gasteiger partial charge < -0.3 is 19.5 Å². The first-order chi connectivity index (χ1) is 18.5. The summed E-state index contributed by atoms with van der Waals surface area (Å²) in [6.07, 6.45) is 0. The number of halogens is 2. The van der Waals surface area contributed by atoms with Crippen molar-refractivity contribution in [1.82, 2.24) is 15.1 Å². The van der Waals surface area contributed by atoms with E-state index in [1.165, 1.54) is 11.8 Å². The highest BCUT2D eigenvalue weighted by Gasteiger charge is 2.23. The molecule has 1 fully saturated rings. The van der Waals surface area contributed by atoms with Crippen LogP contribution in [0, 0.1) is 0 Å². The second-order valence-corrected chi connectivity index (χ2v) is 10.3. The number of hydrogen-bond acceptors (Lipinski definition) is 7. The SMILES string of the molecule is O=C(CSc1nnc(-c2ccc(Cl)cc2)o1)Nc1ccc(N2CCN(C(=O)c3ccccc3Cl)CC2)cc1. The molecule has 38 heavy (non-hydrogen) atoms. The smallest absolute Gasteiger partial charge is 0.277 e. The first-order valence-electron chi connectivity index (χ1n) is 11.9. The normalized spacial score (nSPS) is 13.4. The van der Waals surface area contributed by atoms with Gasteiger partial charge in [0.1, 0.15) is 0 Å².